The van der Waals surface area contributed by atoms with Crippen LogP contribution in [0.2, 0.25) is 0 Å². The SMILES string of the molecule is CCCC(C)(NC(=O)C1CCOC(C)C1)C(=O)O. The zero-order chi connectivity index (χ0) is 13.8. The zero-order valence-corrected chi connectivity index (χ0v) is 11.4. The molecule has 3 atom stereocenters. The standard InChI is InChI=1S/C13H23NO4/c1-4-6-13(3,12(16)17)14-11(15)10-5-7-18-9(2)8-10/h9-10H,4-8H2,1-3H3,(H,14,15)(H,16,17). The lowest BCUT2D eigenvalue weighted by molar-refractivity contribution is -0.148. The predicted octanol–water partition coefficient (Wildman–Crippen LogP) is 1.56. The van der Waals surface area contributed by atoms with Crippen molar-refractivity contribution >= 4 is 11.9 Å². The van der Waals surface area contributed by atoms with Gasteiger partial charge in [0, 0.05) is 12.5 Å². The maximum Gasteiger partial charge on any atom is 0.329 e. The number of rotatable bonds is 5. The summed E-state index contributed by atoms with van der Waals surface area (Å²) in [6.45, 7) is 5.97. The maximum atomic E-state index is 12.1. The zero-order valence-electron chi connectivity index (χ0n) is 11.4. The number of hydrogen-bond acceptors (Lipinski definition) is 3. The van der Waals surface area contributed by atoms with Crippen molar-refractivity contribution in [2.45, 2.75) is 58.1 Å². The van der Waals surface area contributed by atoms with Gasteiger partial charge in [-0.1, -0.05) is 13.3 Å². The van der Waals surface area contributed by atoms with E-state index in [9.17, 15) is 14.7 Å². The van der Waals surface area contributed by atoms with E-state index in [0.29, 0.717) is 32.3 Å². The van der Waals surface area contributed by atoms with Crippen LogP contribution in [0, 0.1) is 5.92 Å². The van der Waals surface area contributed by atoms with Gasteiger partial charge in [0.2, 0.25) is 5.91 Å². The lowest BCUT2D eigenvalue weighted by Gasteiger charge is -2.31. The Balaban J connectivity index is 2.63. The molecule has 1 fully saturated rings. The molecule has 1 rings (SSSR count). The lowest BCUT2D eigenvalue weighted by atomic mass is 9.91. The summed E-state index contributed by atoms with van der Waals surface area (Å²) in [5.74, 6) is -1.27. The summed E-state index contributed by atoms with van der Waals surface area (Å²) in [7, 11) is 0. The van der Waals surface area contributed by atoms with Crippen LogP contribution in [0.1, 0.15) is 46.5 Å². The summed E-state index contributed by atoms with van der Waals surface area (Å²) in [5.41, 5.74) is -1.16. The maximum absolute atomic E-state index is 12.1. The Morgan fingerprint density at radius 3 is 2.67 bits per heavy atom. The van der Waals surface area contributed by atoms with Crippen molar-refractivity contribution in [3.8, 4) is 0 Å². The Labute approximate surface area is 108 Å². The monoisotopic (exact) mass is 257 g/mol. The van der Waals surface area contributed by atoms with Crippen molar-refractivity contribution in [3.63, 3.8) is 0 Å². The van der Waals surface area contributed by atoms with Crippen LogP contribution in [-0.4, -0.2) is 35.2 Å². The van der Waals surface area contributed by atoms with Crippen LogP contribution < -0.4 is 5.32 Å². The molecule has 0 spiro atoms. The van der Waals surface area contributed by atoms with Gasteiger partial charge in [-0.25, -0.2) is 4.79 Å². The molecule has 1 heterocycles. The molecular weight excluding hydrogens is 234 g/mol. The molecule has 1 aliphatic heterocycles. The molecule has 0 radical (unpaired) electrons. The first-order valence-corrected chi connectivity index (χ1v) is 6.56. The van der Waals surface area contributed by atoms with E-state index in [1.54, 1.807) is 6.92 Å². The molecule has 5 heteroatoms. The second-order valence-electron chi connectivity index (χ2n) is 5.28. The van der Waals surface area contributed by atoms with Crippen molar-refractivity contribution in [2.24, 2.45) is 5.92 Å². The Kier molecular flexibility index (Phi) is 5.14. The largest absolute Gasteiger partial charge is 0.480 e. The molecule has 0 aromatic heterocycles. The van der Waals surface area contributed by atoms with E-state index in [0.717, 1.165) is 0 Å². The van der Waals surface area contributed by atoms with E-state index in [1.807, 2.05) is 13.8 Å². The summed E-state index contributed by atoms with van der Waals surface area (Å²) in [4.78, 5) is 23.4. The molecule has 5 nitrogen and oxygen atoms in total. The van der Waals surface area contributed by atoms with Crippen LogP contribution in [0.3, 0.4) is 0 Å². The summed E-state index contributed by atoms with van der Waals surface area (Å²) in [6, 6.07) is 0. The van der Waals surface area contributed by atoms with Gasteiger partial charge in [-0.2, -0.15) is 0 Å². The number of carboxylic acids is 1. The van der Waals surface area contributed by atoms with Gasteiger partial charge in [0.1, 0.15) is 5.54 Å². The second kappa shape index (κ2) is 6.18. The summed E-state index contributed by atoms with van der Waals surface area (Å²) in [6.07, 6.45) is 2.54. The van der Waals surface area contributed by atoms with E-state index in [-0.39, 0.29) is 17.9 Å². The molecule has 18 heavy (non-hydrogen) atoms. The van der Waals surface area contributed by atoms with Gasteiger partial charge in [-0.05, 0) is 33.1 Å². The number of ether oxygens (including phenoxy) is 1. The number of carbonyl (C=O) groups excluding carboxylic acids is 1. The minimum Gasteiger partial charge on any atom is -0.480 e. The van der Waals surface area contributed by atoms with Gasteiger partial charge >= 0.3 is 5.97 Å². The molecule has 0 saturated carbocycles. The number of amides is 1. The van der Waals surface area contributed by atoms with Crippen LogP contribution in [0.5, 0.6) is 0 Å². The van der Waals surface area contributed by atoms with E-state index in [4.69, 9.17) is 4.74 Å². The van der Waals surface area contributed by atoms with Gasteiger partial charge in [0.25, 0.3) is 0 Å². The molecule has 1 saturated heterocycles. The Morgan fingerprint density at radius 1 is 1.50 bits per heavy atom. The Morgan fingerprint density at radius 2 is 2.17 bits per heavy atom. The van der Waals surface area contributed by atoms with Crippen molar-refractivity contribution in [1.82, 2.24) is 5.32 Å². The minimum atomic E-state index is -1.16. The molecular formula is C13H23NO4. The third-order valence-electron chi connectivity index (χ3n) is 3.48. The third kappa shape index (κ3) is 3.70. The quantitative estimate of drug-likeness (QED) is 0.783. The van der Waals surface area contributed by atoms with Gasteiger partial charge < -0.3 is 15.2 Å². The second-order valence-corrected chi connectivity index (χ2v) is 5.28. The summed E-state index contributed by atoms with van der Waals surface area (Å²) < 4.78 is 5.39. The van der Waals surface area contributed by atoms with Crippen molar-refractivity contribution in [2.75, 3.05) is 6.61 Å². The number of aliphatic carboxylic acids is 1. The van der Waals surface area contributed by atoms with E-state index < -0.39 is 11.5 Å². The molecule has 1 aliphatic rings. The molecule has 0 aliphatic carbocycles. The van der Waals surface area contributed by atoms with Gasteiger partial charge in [0.05, 0.1) is 6.10 Å². The molecule has 2 N–H and O–H groups in total. The van der Waals surface area contributed by atoms with Crippen LogP contribution in [-0.2, 0) is 14.3 Å². The molecule has 1 amide bonds. The van der Waals surface area contributed by atoms with Gasteiger partial charge in [-0.15, -0.1) is 0 Å². The number of hydrogen-bond donors (Lipinski definition) is 2. The third-order valence-corrected chi connectivity index (χ3v) is 3.48. The average Bonchev–Trinajstić information content (AvgIpc) is 2.29. The average molecular weight is 257 g/mol. The Hall–Kier alpha value is -1.10. The number of carboxylic acid groups (broad SMARTS) is 1. The first-order valence-electron chi connectivity index (χ1n) is 6.56. The van der Waals surface area contributed by atoms with Crippen LogP contribution in [0.15, 0.2) is 0 Å². The first kappa shape index (κ1) is 15.0. The van der Waals surface area contributed by atoms with Gasteiger partial charge in [-0.3, -0.25) is 4.79 Å². The molecule has 0 aromatic carbocycles. The lowest BCUT2D eigenvalue weighted by Crippen LogP contribution is -2.54. The van der Waals surface area contributed by atoms with E-state index in [2.05, 4.69) is 5.32 Å². The molecule has 0 aromatic rings. The topological polar surface area (TPSA) is 75.6 Å². The van der Waals surface area contributed by atoms with Gasteiger partial charge in [0.15, 0.2) is 0 Å². The van der Waals surface area contributed by atoms with E-state index >= 15 is 0 Å². The van der Waals surface area contributed by atoms with Crippen molar-refractivity contribution in [1.29, 1.82) is 0 Å². The fraction of sp³-hybridized carbons (Fsp3) is 0.846. The summed E-state index contributed by atoms with van der Waals surface area (Å²) in [5, 5.41) is 11.9. The summed E-state index contributed by atoms with van der Waals surface area (Å²) >= 11 is 0. The Bertz CT molecular complexity index is 318. The highest BCUT2D eigenvalue weighted by Crippen LogP contribution is 2.22. The van der Waals surface area contributed by atoms with Crippen LogP contribution >= 0.6 is 0 Å². The molecule has 3 unspecified atom stereocenters. The van der Waals surface area contributed by atoms with E-state index in [1.165, 1.54) is 0 Å². The minimum absolute atomic E-state index is 0.0664. The predicted molar refractivity (Wildman–Crippen MR) is 67.2 cm³/mol. The normalized spacial score (nSPS) is 27.3. The number of carbonyl (C=O) groups is 2. The number of nitrogens with one attached hydrogen (secondary N) is 1. The molecule has 104 valence electrons. The smallest absolute Gasteiger partial charge is 0.329 e. The highest BCUT2D eigenvalue weighted by molar-refractivity contribution is 5.87. The fourth-order valence-corrected chi connectivity index (χ4v) is 2.33. The van der Waals surface area contributed by atoms with Crippen LogP contribution in [0.25, 0.3) is 0 Å². The highest BCUT2D eigenvalue weighted by atomic mass is 16.5. The first-order chi connectivity index (χ1) is 8.39. The molecule has 0 bridgehead atoms. The van der Waals surface area contributed by atoms with Crippen molar-refractivity contribution < 1.29 is 19.4 Å². The highest BCUT2D eigenvalue weighted by Gasteiger charge is 2.36. The van der Waals surface area contributed by atoms with Crippen molar-refractivity contribution in [3.05, 3.63) is 0 Å². The van der Waals surface area contributed by atoms with Crippen LogP contribution in [0.4, 0.5) is 0 Å². The fourth-order valence-electron chi connectivity index (χ4n) is 2.33.